The Bertz CT molecular complexity index is 380. The second kappa shape index (κ2) is 5.82. The highest BCUT2D eigenvalue weighted by Crippen LogP contribution is 2.11. The van der Waals surface area contributed by atoms with Crippen molar-refractivity contribution in [1.82, 2.24) is 10.3 Å². The maximum absolute atomic E-state index is 11.7. The molecule has 5 heteroatoms. The molecule has 0 aromatic carbocycles. The maximum Gasteiger partial charge on any atom is 0.251 e. The molecule has 0 saturated heterocycles. The molecule has 0 radical (unpaired) electrons. The SMILES string of the molecule is CCc1cc(C(=O)NC[C@H](C)O)cc(Cl)n1. The number of nitrogens with zero attached hydrogens (tertiary/aromatic N) is 1. The molecule has 0 aliphatic carbocycles. The Balaban J connectivity index is 2.78. The summed E-state index contributed by atoms with van der Waals surface area (Å²) in [5.74, 6) is -0.250. The number of hydrogen-bond acceptors (Lipinski definition) is 3. The number of rotatable bonds is 4. The normalized spacial score (nSPS) is 12.2. The molecule has 0 saturated carbocycles. The molecular weight excluding hydrogens is 228 g/mol. The third-order valence-electron chi connectivity index (χ3n) is 2.03. The summed E-state index contributed by atoms with van der Waals surface area (Å²) in [5, 5.41) is 12.0. The van der Waals surface area contributed by atoms with E-state index in [1.807, 2.05) is 6.92 Å². The van der Waals surface area contributed by atoms with Crippen molar-refractivity contribution in [2.24, 2.45) is 0 Å². The van der Waals surface area contributed by atoms with Crippen LogP contribution >= 0.6 is 11.6 Å². The third kappa shape index (κ3) is 3.79. The van der Waals surface area contributed by atoms with Crippen molar-refractivity contribution in [2.45, 2.75) is 26.4 Å². The molecule has 0 aliphatic rings. The van der Waals surface area contributed by atoms with Crippen molar-refractivity contribution in [3.63, 3.8) is 0 Å². The van der Waals surface area contributed by atoms with Gasteiger partial charge < -0.3 is 10.4 Å². The van der Waals surface area contributed by atoms with E-state index in [1.54, 1.807) is 13.0 Å². The van der Waals surface area contributed by atoms with E-state index in [1.165, 1.54) is 6.07 Å². The molecule has 4 nitrogen and oxygen atoms in total. The number of aliphatic hydroxyl groups is 1. The second-order valence-electron chi connectivity index (χ2n) is 3.58. The number of halogens is 1. The summed E-state index contributed by atoms with van der Waals surface area (Å²) in [6.07, 6.45) is 0.156. The maximum atomic E-state index is 11.7. The van der Waals surface area contributed by atoms with Crippen LogP contribution in [0.25, 0.3) is 0 Å². The molecule has 0 bridgehead atoms. The van der Waals surface area contributed by atoms with Gasteiger partial charge in [0.1, 0.15) is 5.15 Å². The summed E-state index contributed by atoms with van der Waals surface area (Å²) in [4.78, 5) is 15.7. The molecule has 2 N–H and O–H groups in total. The van der Waals surface area contributed by atoms with Gasteiger partial charge in [-0.25, -0.2) is 4.98 Å². The highest BCUT2D eigenvalue weighted by molar-refractivity contribution is 6.29. The van der Waals surface area contributed by atoms with Crippen LogP contribution in [0, 0.1) is 0 Å². The van der Waals surface area contributed by atoms with E-state index in [0.29, 0.717) is 10.7 Å². The average Bonchev–Trinajstić information content (AvgIpc) is 2.24. The zero-order valence-corrected chi connectivity index (χ0v) is 10.1. The zero-order valence-electron chi connectivity index (χ0n) is 9.33. The third-order valence-corrected chi connectivity index (χ3v) is 2.22. The van der Waals surface area contributed by atoms with Crippen molar-refractivity contribution in [2.75, 3.05) is 6.54 Å². The fourth-order valence-corrected chi connectivity index (χ4v) is 1.43. The number of carbonyl (C=O) groups is 1. The lowest BCUT2D eigenvalue weighted by molar-refractivity contribution is 0.0924. The van der Waals surface area contributed by atoms with Gasteiger partial charge in [0, 0.05) is 17.8 Å². The van der Waals surface area contributed by atoms with Gasteiger partial charge in [0.25, 0.3) is 5.91 Å². The summed E-state index contributed by atoms with van der Waals surface area (Å²) in [5.41, 5.74) is 1.24. The summed E-state index contributed by atoms with van der Waals surface area (Å²) in [6, 6.07) is 3.21. The summed E-state index contributed by atoms with van der Waals surface area (Å²) < 4.78 is 0. The molecule has 1 atom stereocenters. The van der Waals surface area contributed by atoms with E-state index < -0.39 is 6.10 Å². The molecule has 1 rings (SSSR count). The van der Waals surface area contributed by atoms with Crippen LogP contribution in [0.4, 0.5) is 0 Å². The number of aromatic nitrogens is 1. The van der Waals surface area contributed by atoms with E-state index in [2.05, 4.69) is 10.3 Å². The molecule has 88 valence electrons. The van der Waals surface area contributed by atoms with Crippen molar-refractivity contribution >= 4 is 17.5 Å². The van der Waals surface area contributed by atoms with Crippen LogP contribution < -0.4 is 5.32 Å². The van der Waals surface area contributed by atoms with Crippen molar-refractivity contribution in [3.05, 3.63) is 28.5 Å². The van der Waals surface area contributed by atoms with E-state index >= 15 is 0 Å². The fourth-order valence-electron chi connectivity index (χ4n) is 1.21. The molecule has 1 aromatic heterocycles. The van der Waals surface area contributed by atoms with E-state index in [0.717, 1.165) is 12.1 Å². The van der Waals surface area contributed by atoms with Gasteiger partial charge in [0.05, 0.1) is 6.10 Å². The van der Waals surface area contributed by atoms with Gasteiger partial charge in [-0.3, -0.25) is 4.79 Å². The van der Waals surface area contributed by atoms with Crippen LogP contribution in [0.3, 0.4) is 0 Å². The van der Waals surface area contributed by atoms with Gasteiger partial charge in [-0.1, -0.05) is 18.5 Å². The lowest BCUT2D eigenvalue weighted by Crippen LogP contribution is -2.30. The number of pyridine rings is 1. The standard InChI is InChI=1S/C11H15ClN2O2/c1-3-9-4-8(5-10(12)14-9)11(16)13-6-7(2)15/h4-5,7,15H,3,6H2,1-2H3,(H,13,16)/t7-/m0/s1. The number of amides is 1. The van der Waals surface area contributed by atoms with Crippen LogP contribution in [0.5, 0.6) is 0 Å². The number of carbonyl (C=O) groups excluding carboxylic acids is 1. The number of hydrogen-bond donors (Lipinski definition) is 2. The number of aliphatic hydroxyl groups excluding tert-OH is 1. The van der Waals surface area contributed by atoms with Crippen molar-refractivity contribution in [3.8, 4) is 0 Å². The molecule has 1 amide bonds. The Hall–Kier alpha value is -1.13. The van der Waals surface area contributed by atoms with E-state index in [4.69, 9.17) is 16.7 Å². The Kier molecular flexibility index (Phi) is 4.71. The van der Waals surface area contributed by atoms with E-state index in [-0.39, 0.29) is 12.5 Å². The molecule has 0 fully saturated rings. The lowest BCUT2D eigenvalue weighted by Gasteiger charge is -2.08. The Morgan fingerprint density at radius 3 is 2.88 bits per heavy atom. The molecule has 0 aliphatic heterocycles. The second-order valence-corrected chi connectivity index (χ2v) is 3.97. The zero-order chi connectivity index (χ0) is 12.1. The van der Waals surface area contributed by atoms with E-state index in [9.17, 15) is 4.79 Å². The Labute approximate surface area is 99.6 Å². The van der Waals surface area contributed by atoms with Crippen LogP contribution in [0.2, 0.25) is 5.15 Å². The minimum atomic E-state index is -0.563. The monoisotopic (exact) mass is 242 g/mol. The number of nitrogens with one attached hydrogen (secondary N) is 1. The minimum absolute atomic E-state index is 0.222. The molecule has 0 unspecified atom stereocenters. The topological polar surface area (TPSA) is 62.2 Å². The molecule has 0 spiro atoms. The van der Waals surface area contributed by atoms with Crippen LogP contribution in [-0.2, 0) is 6.42 Å². The van der Waals surface area contributed by atoms with Gasteiger partial charge in [0.15, 0.2) is 0 Å². The van der Waals surface area contributed by atoms with Crippen LogP contribution in [0.15, 0.2) is 12.1 Å². The molecule has 1 aromatic rings. The van der Waals surface area contributed by atoms with Gasteiger partial charge in [-0.15, -0.1) is 0 Å². The Morgan fingerprint density at radius 1 is 1.62 bits per heavy atom. The smallest absolute Gasteiger partial charge is 0.251 e. The highest BCUT2D eigenvalue weighted by atomic mass is 35.5. The molecular formula is C11H15ClN2O2. The van der Waals surface area contributed by atoms with Crippen LogP contribution in [0.1, 0.15) is 29.9 Å². The predicted octanol–water partition coefficient (Wildman–Crippen LogP) is 1.41. The van der Waals surface area contributed by atoms with Crippen molar-refractivity contribution < 1.29 is 9.90 Å². The van der Waals surface area contributed by atoms with Gasteiger partial charge in [-0.05, 0) is 25.5 Å². The highest BCUT2D eigenvalue weighted by Gasteiger charge is 2.09. The quantitative estimate of drug-likeness (QED) is 0.785. The largest absolute Gasteiger partial charge is 0.392 e. The fraction of sp³-hybridized carbons (Fsp3) is 0.455. The number of aryl methyl sites for hydroxylation is 1. The average molecular weight is 243 g/mol. The predicted molar refractivity (Wildman–Crippen MR) is 62.6 cm³/mol. The first-order valence-corrected chi connectivity index (χ1v) is 5.53. The van der Waals surface area contributed by atoms with Crippen molar-refractivity contribution in [1.29, 1.82) is 0 Å². The van der Waals surface area contributed by atoms with Gasteiger partial charge in [0.2, 0.25) is 0 Å². The molecule has 16 heavy (non-hydrogen) atoms. The molecule has 1 heterocycles. The first-order valence-electron chi connectivity index (χ1n) is 5.15. The summed E-state index contributed by atoms with van der Waals surface area (Å²) >= 11 is 5.80. The Morgan fingerprint density at radius 2 is 2.31 bits per heavy atom. The summed E-state index contributed by atoms with van der Waals surface area (Å²) in [7, 11) is 0. The first kappa shape index (κ1) is 12.9. The lowest BCUT2D eigenvalue weighted by atomic mass is 10.2. The van der Waals surface area contributed by atoms with Crippen LogP contribution in [-0.4, -0.2) is 28.6 Å². The van der Waals surface area contributed by atoms with Gasteiger partial charge >= 0.3 is 0 Å². The van der Waals surface area contributed by atoms with Gasteiger partial charge in [-0.2, -0.15) is 0 Å². The summed E-state index contributed by atoms with van der Waals surface area (Å²) in [6.45, 7) is 3.77. The minimum Gasteiger partial charge on any atom is -0.392 e. The first-order chi connectivity index (χ1) is 7.52.